The van der Waals surface area contributed by atoms with Gasteiger partial charge in [0.1, 0.15) is 16.9 Å². The third kappa shape index (κ3) is 4.73. The summed E-state index contributed by atoms with van der Waals surface area (Å²) in [4.78, 5) is 30.5. The van der Waals surface area contributed by atoms with Crippen molar-refractivity contribution < 1.29 is 14.3 Å². The van der Waals surface area contributed by atoms with Crippen LogP contribution in [0.25, 0.3) is 39.4 Å². The number of amides is 1. The van der Waals surface area contributed by atoms with Gasteiger partial charge in [-0.3, -0.25) is 4.79 Å². The van der Waals surface area contributed by atoms with Crippen molar-refractivity contribution in [2.45, 2.75) is 50.9 Å². The number of hydrogen-bond acceptors (Lipinski definition) is 8. The quantitative estimate of drug-likeness (QED) is 0.241. The molecule has 2 aliphatic carbocycles. The van der Waals surface area contributed by atoms with E-state index in [-0.39, 0.29) is 18.0 Å². The second-order valence-corrected chi connectivity index (χ2v) is 13.3. The summed E-state index contributed by atoms with van der Waals surface area (Å²) in [5, 5.41) is 5.69. The fraction of sp³-hybridized carbons (Fsp3) is 0.361. The second kappa shape index (κ2) is 11.2. The SMILES string of the molecule is COc1cccc(-n2cc(Cn3c(-c4cc5cccnc5n4CC4CC4)nc4cc(C(=O)N5CC6CCC5C6N)cc(OC)c43)cn2)n1. The number of nitrogens with zero attached hydrogens (tertiary/aromatic N) is 8. The molecular weight excluding hydrogens is 606 g/mol. The zero-order valence-corrected chi connectivity index (χ0v) is 27.0. The second-order valence-electron chi connectivity index (χ2n) is 13.3. The van der Waals surface area contributed by atoms with E-state index in [0.717, 1.165) is 53.0 Å². The molecule has 1 saturated heterocycles. The average Bonchev–Trinajstić information content (AvgIpc) is 3.43. The van der Waals surface area contributed by atoms with E-state index >= 15 is 0 Å². The van der Waals surface area contributed by atoms with Crippen molar-refractivity contribution in [3.05, 3.63) is 78.2 Å². The third-order valence-electron chi connectivity index (χ3n) is 10.3. The van der Waals surface area contributed by atoms with Gasteiger partial charge in [-0.05, 0) is 73.9 Å². The Hall–Kier alpha value is -5.23. The van der Waals surface area contributed by atoms with Gasteiger partial charge in [0.25, 0.3) is 5.91 Å². The van der Waals surface area contributed by atoms with Crippen molar-refractivity contribution in [2.75, 3.05) is 20.8 Å². The molecule has 5 aromatic heterocycles. The van der Waals surface area contributed by atoms with Crippen LogP contribution in [-0.2, 0) is 13.1 Å². The van der Waals surface area contributed by atoms with E-state index in [2.05, 4.69) is 31.3 Å². The molecule has 12 heteroatoms. The Morgan fingerprint density at radius 1 is 1.00 bits per heavy atom. The average molecular weight is 644 g/mol. The first-order chi connectivity index (χ1) is 23.5. The van der Waals surface area contributed by atoms with Crippen LogP contribution in [0.2, 0.25) is 0 Å². The fourth-order valence-electron chi connectivity index (χ4n) is 7.72. The molecule has 6 aromatic rings. The standard InChI is InChI=1S/C36H37N9O3/c1-47-29-15-25(36(46)43-20-24-10-11-27(43)32(24)37)13-26-33(29)44(18-22-16-39-45(19-22)30-6-3-7-31(41-30)48-2)35(40-26)28-14-23-5-4-12-38-34(23)42(28)17-21-8-9-21/h3-7,12-16,19,21,24,27,32H,8-11,17-18,20,37H2,1-2H3. The lowest BCUT2D eigenvalue weighted by atomic mass is 10.1. The number of carbonyl (C=O) groups excluding carboxylic acids is 1. The lowest BCUT2D eigenvalue weighted by Gasteiger charge is -2.27. The number of piperidine rings is 1. The number of ether oxygens (including phenoxy) is 2. The Balaban J connectivity index is 1.19. The molecule has 0 radical (unpaired) electrons. The highest BCUT2D eigenvalue weighted by Crippen LogP contribution is 2.40. The van der Waals surface area contributed by atoms with Gasteiger partial charge < -0.3 is 29.2 Å². The summed E-state index contributed by atoms with van der Waals surface area (Å²) in [6.07, 6.45) is 10.1. The van der Waals surface area contributed by atoms with Crippen molar-refractivity contribution >= 4 is 28.0 Å². The van der Waals surface area contributed by atoms with Crippen molar-refractivity contribution in [3.8, 4) is 29.0 Å². The summed E-state index contributed by atoms with van der Waals surface area (Å²) < 4.78 is 17.6. The van der Waals surface area contributed by atoms with Gasteiger partial charge in [-0.1, -0.05) is 6.07 Å². The van der Waals surface area contributed by atoms with Crippen LogP contribution in [0, 0.1) is 11.8 Å². The van der Waals surface area contributed by atoms with Crippen LogP contribution < -0.4 is 15.2 Å². The summed E-state index contributed by atoms with van der Waals surface area (Å²) >= 11 is 0. The van der Waals surface area contributed by atoms with Gasteiger partial charge in [0.15, 0.2) is 11.6 Å². The Morgan fingerprint density at radius 2 is 1.90 bits per heavy atom. The van der Waals surface area contributed by atoms with Gasteiger partial charge in [-0.2, -0.15) is 10.1 Å². The molecule has 3 aliphatic rings. The minimum absolute atomic E-state index is 0.0203. The summed E-state index contributed by atoms with van der Waals surface area (Å²) in [7, 11) is 3.25. The molecule has 2 N–H and O–H groups in total. The van der Waals surface area contributed by atoms with Crippen LogP contribution >= 0.6 is 0 Å². The maximum atomic E-state index is 14.0. The fourth-order valence-corrected chi connectivity index (χ4v) is 7.72. The normalized spacial score (nSPS) is 20.3. The number of carbonyl (C=O) groups is 1. The molecule has 3 fully saturated rings. The lowest BCUT2D eigenvalue weighted by molar-refractivity contribution is 0.0700. The first kappa shape index (κ1) is 29.0. The van der Waals surface area contributed by atoms with Crippen LogP contribution in [0.4, 0.5) is 0 Å². The molecule has 3 atom stereocenters. The Morgan fingerprint density at radius 3 is 2.67 bits per heavy atom. The number of hydrogen-bond donors (Lipinski definition) is 1. The molecule has 48 heavy (non-hydrogen) atoms. The largest absolute Gasteiger partial charge is 0.494 e. The van der Waals surface area contributed by atoms with Gasteiger partial charge >= 0.3 is 0 Å². The molecule has 244 valence electrons. The molecule has 12 nitrogen and oxygen atoms in total. The molecule has 3 unspecified atom stereocenters. The van der Waals surface area contributed by atoms with E-state index in [1.807, 2.05) is 53.8 Å². The third-order valence-corrected chi connectivity index (χ3v) is 10.3. The number of pyridine rings is 2. The van der Waals surface area contributed by atoms with Crippen LogP contribution in [0.3, 0.4) is 0 Å². The van der Waals surface area contributed by atoms with Crippen LogP contribution in [0.5, 0.6) is 11.6 Å². The topological polar surface area (TPSA) is 131 Å². The number of likely N-dealkylation sites (tertiary alicyclic amines) is 1. The number of aromatic nitrogens is 7. The van der Waals surface area contributed by atoms with Crippen LogP contribution in [-0.4, -0.2) is 77.5 Å². The molecule has 1 aliphatic heterocycles. The summed E-state index contributed by atoms with van der Waals surface area (Å²) in [6.45, 7) is 2.03. The van der Waals surface area contributed by atoms with Gasteiger partial charge in [0.05, 0.1) is 38.2 Å². The maximum absolute atomic E-state index is 14.0. The molecule has 1 aromatic carbocycles. The van der Waals surface area contributed by atoms with E-state index in [0.29, 0.717) is 53.5 Å². The summed E-state index contributed by atoms with van der Waals surface area (Å²) in [6, 6.07) is 15.7. The summed E-state index contributed by atoms with van der Waals surface area (Å²) in [5.74, 6) is 3.51. The molecule has 2 saturated carbocycles. The van der Waals surface area contributed by atoms with E-state index in [9.17, 15) is 4.79 Å². The van der Waals surface area contributed by atoms with Crippen molar-refractivity contribution in [2.24, 2.45) is 17.6 Å². The number of methoxy groups -OCH3 is 2. The van der Waals surface area contributed by atoms with Crippen LogP contribution in [0.1, 0.15) is 41.6 Å². The predicted octanol–water partition coefficient (Wildman–Crippen LogP) is 4.67. The van der Waals surface area contributed by atoms with Crippen LogP contribution in [0.15, 0.2) is 67.1 Å². The zero-order chi connectivity index (χ0) is 32.5. The molecule has 0 spiro atoms. The van der Waals surface area contributed by atoms with Crippen molar-refractivity contribution in [1.82, 2.24) is 38.8 Å². The van der Waals surface area contributed by atoms with Crippen molar-refractivity contribution in [3.63, 3.8) is 0 Å². The molecular formula is C36H37N9O3. The van der Waals surface area contributed by atoms with Gasteiger partial charge in [-0.15, -0.1) is 0 Å². The monoisotopic (exact) mass is 643 g/mol. The number of fused-ring (bicyclic) bond motifs is 4. The zero-order valence-electron chi connectivity index (χ0n) is 27.0. The minimum atomic E-state index is -0.0203. The Labute approximate surface area is 277 Å². The van der Waals surface area contributed by atoms with Crippen molar-refractivity contribution in [1.29, 1.82) is 0 Å². The van der Waals surface area contributed by atoms with E-state index < -0.39 is 0 Å². The molecule has 6 heterocycles. The highest BCUT2D eigenvalue weighted by Gasteiger charge is 2.47. The Bertz CT molecular complexity index is 2200. The number of rotatable bonds is 9. The smallest absolute Gasteiger partial charge is 0.254 e. The number of benzene rings is 1. The number of imidazole rings is 1. The van der Waals surface area contributed by atoms with Gasteiger partial charge in [0.2, 0.25) is 5.88 Å². The van der Waals surface area contributed by atoms with E-state index in [1.165, 1.54) is 12.8 Å². The highest BCUT2D eigenvalue weighted by molar-refractivity contribution is 6.00. The van der Waals surface area contributed by atoms with E-state index in [4.69, 9.17) is 25.2 Å². The first-order valence-electron chi connectivity index (χ1n) is 16.6. The Kier molecular flexibility index (Phi) is 6.75. The maximum Gasteiger partial charge on any atom is 0.254 e. The van der Waals surface area contributed by atoms with E-state index in [1.54, 1.807) is 25.0 Å². The van der Waals surface area contributed by atoms with Gasteiger partial charge in [-0.25, -0.2) is 14.6 Å². The molecule has 2 bridgehead atoms. The predicted molar refractivity (Wildman–Crippen MR) is 180 cm³/mol. The lowest BCUT2D eigenvalue weighted by Crippen LogP contribution is -2.41. The summed E-state index contributed by atoms with van der Waals surface area (Å²) in [5.41, 5.74) is 11.4. The highest BCUT2D eigenvalue weighted by atomic mass is 16.5. The number of nitrogens with two attached hydrogens (primary N) is 1. The van der Waals surface area contributed by atoms with Gasteiger partial charge in [0, 0.05) is 60.1 Å². The minimum Gasteiger partial charge on any atom is -0.494 e. The molecule has 1 amide bonds. The molecule has 9 rings (SSSR count). The first-order valence-corrected chi connectivity index (χ1v) is 16.6.